The second kappa shape index (κ2) is 6.22. The standard InChI is InChI=1S/C13H18N2O2S/c1-18-12-5-3-2-4-11(12)13(16)15-6-7-17-10(8-14)9-15/h2-5,10H,6-9,14H2,1H3. The number of amides is 1. The maximum absolute atomic E-state index is 12.5. The molecule has 1 fully saturated rings. The monoisotopic (exact) mass is 266 g/mol. The highest BCUT2D eigenvalue weighted by atomic mass is 32.2. The zero-order valence-corrected chi connectivity index (χ0v) is 11.3. The average molecular weight is 266 g/mol. The van der Waals surface area contributed by atoms with Crippen molar-refractivity contribution in [3.05, 3.63) is 29.8 Å². The number of morpholine rings is 1. The van der Waals surface area contributed by atoms with Crippen molar-refractivity contribution in [3.63, 3.8) is 0 Å². The molecular formula is C13H18N2O2S. The van der Waals surface area contributed by atoms with Gasteiger partial charge in [0.15, 0.2) is 0 Å². The topological polar surface area (TPSA) is 55.6 Å². The molecule has 5 heteroatoms. The maximum atomic E-state index is 12.5. The van der Waals surface area contributed by atoms with Crippen molar-refractivity contribution in [1.29, 1.82) is 0 Å². The molecule has 1 aromatic rings. The molecular weight excluding hydrogens is 248 g/mol. The van der Waals surface area contributed by atoms with Gasteiger partial charge >= 0.3 is 0 Å². The van der Waals surface area contributed by atoms with Crippen molar-refractivity contribution in [3.8, 4) is 0 Å². The Morgan fingerprint density at radius 3 is 3.06 bits per heavy atom. The van der Waals surface area contributed by atoms with E-state index in [1.807, 2.05) is 35.4 Å². The molecule has 1 heterocycles. The zero-order chi connectivity index (χ0) is 13.0. The Morgan fingerprint density at radius 1 is 1.56 bits per heavy atom. The number of hydrogen-bond donors (Lipinski definition) is 1. The first-order valence-electron chi connectivity index (χ1n) is 6.00. The van der Waals surface area contributed by atoms with Crippen LogP contribution in [0.3, 0.4) is 0 Å². The third kappa shape index (κ3) is 2.85. The third-order valence-corrected chi connectivity index (χ3v) is 3.82. The minimum Gasteiger partial charge on any atom is -0.373 e. The van der Waals surface area contributed by atoms with Gasteiger partial charge in [-0.25, -0.2) is 0 Å². The minimum atomic E-state index is -0.0378. The molecule has 1 unspecified atom stereocenters. The van der Waals surface area contributed by atoms with Gasteiger partial charge < -0.3 is 15.4 Å². The number of nitrogens with two attached hydrogens (primary N) is 1. The zero-order valence-electron chi connectivity index (χ0n) is 10.5. The summed E-state index contributed by atoms with van der Waals surface area (Å²) in [4.78, 5) is 15.3. The van der Waals surface area contributed by atoms with E-state index in [1.54, 1.807) is 11.8 Å². The number of nitrogens with zero attached hydrogens (tertiary/aromatic N) is 1. The Hall–Kier alpha value is -1.04. The molecule has 2 N–H and O–H groups in total. The van der Waals surface area contributed by atoms with Crippen LogP contribution in [-0.2, 0) is 4.74 Å². The number of carbonyl (C=O) groups is 1. The van der Waals surface area contributed by atoms with Crippen LogP contribution in [-0.4, -0.2) is 49.4 Å². The van der Waals surface area contributed by atoms with Crippen LogP contribution in [0, 0.1) is 0 Å². The summed E-state index contributed by atoms with van der Waals surface area (Å²) in [6, 6.07) is 7.69. The molecule has 0 saturated carbocycles. The molecule has 0 aromatic heterocycles. The molecule has 18 heavy (non-hydrogen) atoms. The van der Waals surface area contributed by atoms with Gasteiger partial charge in [-0.05, 0) is 18.4 Å². The second-order valence-electron chi connectivity index (χ2n) is 4.18. The lowest BCUT2D eigenvalue weighted by Crippen LogP contribution is -2.48. The summed E-state index contributed by atoms with van der Waals surface area (Å²) in [5.74, 6) is 0.0710. The summed E-state index contributed by atoms with van der Waals surface area (Å²) in [7, 11) is 0. The van der Waals surface area contributed by atoms with Crippen LogP contribution in [0.4, 0.5) is 0 Å². The van der Waals surface area contributed by atoms with Crippen molar-refractivity contribution in [1.82, 2.24) is 4.90 Å². The molecule has 1 saturated heterocycles. The van der Waals surface area contributed by atoms with E-state index in [9.17, 15) is 4.79 Å². The van der Waals surface area contributed by atoms with Gasteiger partial charge in [0.2, 0.25) is 0 Å². The molecule has 0 spiro atoms. The lowest BCUT2D eigenvalue weighted by molar-refractivity contribution is -0.0168. The third-order valence-electron chi connectivity index (χ3n) is 3.03. The van der Waals surface area contributed by atoms with Crippen molar-refractivity contribution < 1.29 is 9.53 Å². The molecule has 4 nitrogen and oxygen atoms in total. The molecule has 1 amide bonds. The first-order chi connectivity index (χ1) is 8.76. The number of benzene rings is 1. The molecule has 0 bridgehead atoms. The second-order valence-corrected chi connectivity index (χ2v) is 5.03. The van der Waals surface area contributed by atoms with Gasteiger partial charge in [0.05, 0.1) is 18.3 Å². The van der Waals surface area contributed by atoms with Crippen LogP contribution < -0.4 is 5.73 Å². The molecule has 1 aliphatic heterocycles. The maximum Gasteiger partial charge on any atom is 0.255 e. The SMILES string of the molecule is CSc1ccccc1C(=O)N1CCOC(CN)C1. The average Bonchev–Trinajstić information content (AvgIpc) is 2.46. The van der Waals surface area contributed by atoms with Gasteiger partial charge in [-0.3, -0.25) is 4.79 Å². The highest BCUT2D eigenvalue weighted by Crippen LogP contribution is 2.22. The van der Waals surface area contributed by atoms with Crippen LogP contribution in [0.15, 0.2) is 29.2 Å². The summed E-state index contributed by atoms with van der Waals surface area (Å²) < 4.78 is 5.48. The summed E-state index contributed by atoms with van der Waals surface area (Å²) in [6.45, 7) is 2.24. The van der Waals surface area contributed by atoms with Crippen molar-refractivity contribution in [2.45, 2.75) is 11.0 Å². The molecule has 0 aliphatic carbocycles. The van der Waals surface area contributed by atoms with E-state index in [1.165, 1.54) is 0 Å². The fraction of sp³-hybridized carbons (Fsp3) is 0.462. The molecule has 1 aromatic carbocycles. The predicted octanol–water partition coefficient (Wildman–Crippen LogP) is 1.21. The Labute approximate surface area is 111 Å². The van der Waals surface area contributed by atoms with Crippen LogP contribution in [0.25, 0.3) is 0 Å². The van der Waals surface area contributed by atoms with E-state index in [-0.39, 0.29) is 12.0 Å². The summed E-state index contributed by atoms with van der Waals surface area (Å²) in [5, 5.41) is 0. The summed E-state index contributed by atoms with van der Waals surface area (Å²) >= 11 is 1.59. The summed E-state index contributed by atoms with van der Waals surface area (Å²) in [6.07, 6.45) is 1.94. The fourth-order valence-corrected chi connectivity index (χ4v) is 2.63. The number of hydrogen-bond acceptors (Lipinski definition) is 4. The van der Waals surface area contributed by atoms with Crippen LogP contribution in [0.1, 0.15) is 10.4 Å². The molecule has 1 aliphatic rings. The van der Waals surface area contributed by atoms with Crippen molar-refractivity contribution in [2.75, 3.05) is 32.5 Å². The Kier molecular flexibility index (Phi) is 4.63. The molecule has 0 radical (unpaired) electrons. The Bertz CT molecular complexity index is 425. The minimum absolute atomic E-state index is 0.0378. The Morgan fingerprint density at radius 2 is 2.33 bits per heavy atom. The van der Waals surface area contributed by atoms with Crippen molar-refractivity contribution >= 4 is 17.7 Å². The van der Waals surface area contributed by atoms with E-state index in [0.717, 1.165) is 10.5 Å². The van der Waals surface area contributed by atoms with Gasteiger partial charge in [-0.2, -0.15) is 0 Å². The smallest absolute Gasteiger partial charge is 0.255 e. The Balaban J connectivity index is 2.15. The lowest BCUT2D eigenvalue weighted by Gasteiger charge is -2.32. The van der Waals surface area contributed by atoms with Crippen molar-refractivity contribution in [2.24, 2.45) is 5.73 Å². The fourth-order valence-electron chi connectivity index (χ4n) is 2.04. The van der Waals surface area contributed by atoms with Gasteiger partial charge in [-0.1, -0.05) is 12.1 Å². The van der Waals surface area contributed by atoms with Gasteiger partial charge in [0, 0.05) is 24.5 Å². The number of ether oxygens (including phenoxy) is 1. The molecule has 98 valence electrons. The van der Waals surface area contributed by atoms with E-state index in [2.05, 4.69) is 0 Å². The van der Waals surface area contributed by atoms with Gasteiger partial charge in [0.1, 0.15) is 0 Å². The normalized spacial score (nSPS) is 19.9. The van der Waals surface area contributed by atoms with E-state index in [0.29, 0.717) is 26.2 Å². The quantitative estimate of drug-likeness (QED) is 0.836. The highest BCUT2D eigenvalue weighted by molar-refractivity contribution is 7.98. The van der Waals surface area contributed by atoms with Crippen LogP contribution in [0.5, 0.6) is 0 Å². The number of carbonyl (C=O) groups excluding carboxylic acids is 1. The lowest BCUT2D eigenvalue weighted by atomic mass is 10.1. The van der Waals surface area contributed by atoms with Gasteiger partial charge in [-0.15, -0.1) is 11.8 Å². The predicted molar refractivity (Wildman–Crippen MR) is 72.9 cm³/mol. The number of thioether (sulfide) groups is 1. The van der Waals surface area contributed by atoms with E-state index >= 15 is 0 Å². The van der Waals surface area contributed by atoms with E-state index in [4.69, 9.17) is 10.5 Å². The van der Waals surface area contributed by atoms with E-state index < -0.39 is 0 Å². The first kappa shape index (κ1) is 13.4. The highest BCUT2D eigenvalue weighted by Gasteiger charge is 2.25. The van der Waals surface area contributed by atoms with Crippen LogP contribution >= 0.6 is 11.8 Å². The van der Waals surface area contributed by atoms with Gasteiger partial charge in [0.25, 0.3) is 5.91 Å². The first-order valence-corrected chi connectivity index (χ1v) is 7.22. The number of rotatable bonds is 3. The van der Waals surface area contributed by atoms with Crippen LogP contribution in [0.2, 0.25) is 0 Å². The largest absolute Gasteiger partial charge is 0.373 e. The molecule has 2 rings (SSSR count). The molecule has 1 atom stereocenters. The summed E-state index contributed by atoms with van der Waals surface area (Å²) in [5.41, 5.74) is 6.36.